The van der Waals surface area contributed by atoms with Gasteiger partial charge < -0.3 is 0 Å². The van der Waals surface area contributed by atoms with Crippen LogP contribution in [-0.2, 0) is 7.05 Å². The van der Waals surface area contributed by atoms with Crippen LogP contribution in [0.25, 0.3) is 0 Å². The van der Waals surface area contributed by atoms with E-state index < -0.39 is 0 Å². The molecule has 0 N–H and O–H groups in total. The maximum absolute atomic E-state index is 4.08. The molecular weight excluding hydrogens is 258 g/mol. The summed E-state index contributed by atoms with van der Waals surface area (Å²) in [6.45, 7) is 18.0. The molecule has 122 valence electrons. The van der Waals surface area contributed by atoms with E-state index in [1.165, 1.54) is 5.56 Å². The highest BCUT2D eigenvalue weighted by Crippen LogP contribution is 1.94. The maximum atomic E-state index is 4.08. The Kier molecular flexibility index (Phi) is 21.3. The zero-order valence-corrected chi connectivity index (χ0v) is 15.7. The van der Waals surface area contributed by atoms with E-state index in [0.29, 0.717) is 0 Å². The van der Waals surface area contributed by atoms with Crippen molar-refractivity contribution in [1.82, 2.24) is 14.8 Å². The van der Waals surface area contributed by atoms with Gasteiger partial charge in [0, 0.05) is 25.1 Å². The summed E-state index contributed by atoms with van der Waals surface area (Å²) in [7, 11) is 1.91. The van der Waals surface area contributed by atoms with Gasteiger partial charge in [-0.1, -0.05) is 47.6 Å². The van der Waals surface area contributed by atoms with Crippen molar-refractivity contribution < 1.29 is 0 Å². The monoisotopic (exact) mass is 293 g/mol. The molecule has 0 bridgehead atoms. The van der Waals surface area contributed by atoms with Gasteiger partial charge in [0.05, 0.1) is 5.69 Å². The van der Waals surface area contributed by atoms with Crippen LogP contribution in [-0.4, -0.2) is 14.8 Å². The van der Waals surface area contributed by atoms with Crippen LogP contribution < -0.4 is 0 Å². The quantitative estimate of drug-likeness (QED) is 0.641. The molecule has 3 heteroatoms. The van der Waals surface area contributed by atoms with Gasteiger partial charge in [0.1, 0.15) is 0 Å². The molecule has 2 aromatic heterocycles. The third-order valence-electron chi connectivity index (χ3n) is 1.91. The summed E-state index contributed by atoms with van der Waals surface area (Å²) in [5, 5.41) is 4.03. The second kappa shape index (κ2) is 18.4. The highest BCUT2D eigenvalue weighted by Gasteiger charge is 1.82. The topological polar surface area (TPSA) is 30.7 Å². The molecule has 0 atom stereocenters. The molecule has 0 saturated carbocycles. The third-order valence-corrected chi connectivity index (χ3v) is 1.91. The number of nitrogens with zero attached hydrogens (tertiary/aromatic N) is 3. The van der Waals surface area contributed by atoms with Crippen LogP contribution in [0.15, 0.2) is 30.6 Å². The molecule has 0 fully saturated rings. The summed E-state index contributed by atoms with van der Waals surface area (Å²) in [6.07, 6.45) is 3.80. The van der Waals surface area contributed by atoms with Gasteiger partial charge in [-0.15, -0.1) is 0 Å². The molecule has 0 spiro atoms. The summed E-state index contributed by atoms with van der Waals surface area (Å²) in [5.74, 6) is 0. The number of hydrogen-bond donors (Lipinski definition) is 0. The Morgan fingerprint density at radius 1 is 0.762 bits per heavy atom. The molecular formula is C18H35N3. The van der Waals surface area contributed by atoms with Crippen molar-refractivity contribution in [3.63, 3.8) is 0 Å². The standard InChI is InChI=1S/C7H9N.C5H8N2.3C2H6/c1-6-3-4-7(2)8-5-6;1-5-3-4-7(2)6-5;3*1-2/h3-5H,1-2H3;3-4H,1-2H3;3*1-2H3. The van der Waals surface area contributed by atoms with Crippen LogP contribution in [0.1, 0.15) is 58.5 Å². The van der Waals surface area contributed by atoms with Gasteiger partial charge in [-0.2, -0.15) is 5.10 Å². The van der Waals surface area contributed by atoms with Gasteiger partial charge in [0.25, 0.3) is 0 Å². The van der Waals surface area contributed by atoms with Gasteiger partial charge in [-0.25, -0.2) is 0 Å². The Bertz CT molecular complexity index is 365. The molecule has 21 heavy (non-hydrogen) atoms. The van der Waals surface area contributed by atoms with Gasteiger partial charge in [-0.05, 0) is 38.5 Å². The normalized spacial score (nSPS) is 7.52. The van der Waals surface area contributed by atoms with Crippen LogP contribution >= 0.6 is 0 Å². The Morgan fingerprint density at radius 3 is 1.48 bits per heavy atom. The molecule has 2 rings (SSSR count). The minimum Gasteiger partial charge on any atom is -0.276 e. The van der Waals surface area contributed by atoms with Crippen molar-refractivity contribution in [1.29, 1.82) is 0 Å². The fraction of sp³-hybridized carbons (Fsp3) is 0.556. The molecule has 0 radical (unpaired) electrons. The van der Waals surface area contributed by atoms with Crippen molar-refractivity contribution in [3.05, 3.63) is 47.5 Å². The predicted molar refractivity (Wildman–Crippen MR) is 95.7 cm³/mol. The molecule has 0 aromatic carbocycles. The van der Waals surface area contributed by atoms with Gasteiger partial charge >= 0.3 is 0 Å². The molecule has 2 aromatic rings. The lowest BCUT2D eigenvalue weighted by Gasteiger charge is -1.89. The van der Waals surface area contributed by atoms with E-state index >= 15 is 0 Å². The first-order chi connectivity index (χ1) is 10.1. The maximum Gasteiger partial charge on any atom is 0.0593 e. The van der Waals surface area contributed by atoms with Crippen molar-refractivity contribution in [2.75, 3.05) is 0 Å². The van der Waals surface area contributed by atoms with E-state index in [1.54, 1.807) is 4.68 Å². The minimum atomic E-state index is 1.07. The van der Waals surface area contributed by atoms with Crippen molar-refractivity contribution in [3.8, 4) is 0 Å². The van der Waals surface area contributed by atoms with E-state index in [-0.39, 0.29) is 0 Å². The highest BCUT2D eigenvalue weighted by atomic mass is 15.2. The van der Waals surface area contributed by atoms with Crippen LogP contribution in [0.5, 0.6) is 0 Å². The number of pyridine rings is 1. The summed E-state index contributed by atoms with van der Waals surface area (Å²) >= 11 is 0. The van der Waals surface area contributed by atoms with E-state index in [1.807, 2.05) is 93.9 Å². The second-order valence-electron chi connectivity index (χ2n) is 3.61. The lowest BCUT2D eigenvalue weighted by Crippen LogP contribution is -1.86. The first-order valence-corrected chi connectivity index (χ1v) is 7.93. The second-order valence-corrected chi connectivity index (χ2v) is 3.61. The summed E-state index contributed by atoms with van der Waals surface area (Å²) in [6, 6.07) is 6.04. The summed E-state index contributed by atoms with van der Waals surface area (Å²) in [4.78, 5) is 4.08. The van der Waals surface area contributed by atoms with Crippen LogP contribution in [0.4, 0.5) is 0 Å². The van der Waals surface area contributed by atoms with Crippen LogP contribution in [0.3, 0.4) is 0 Å². The third kappa shape index (κ3) is 16.3. The van der Waals surface area contributed by atoms with Gasteiger partial charge in [0.2, 0.25) is 0 Å². The lowest BCUT2D eigenvalue weighted by molar-refractivity contribution is 0.756. The van der Waals surface area contributed by atoms with E-state index in [0.717, 1.165) is 11.4 Å². The fourth-order valence-electron chi connectivity index (χ4n) is 1.07. The molecule has 0 aliphatic carbocycles. The number of hydrogen-bond acceptors (Lipinski definition) is 2. The average Bonchev–Trinajstić information content (AvgIpc) is 2.92. The Labute approximate surface area is 132 Å². The molecule has 0 amide bonds. The number of rotatable bonds is 0. The number of aromatic nitrogens is 3. The predicted octanol–water partition coefficient (Wildman–Crippen LogP) is 5.51. The Morgan fingerprint density at radius 2 is 1.29 bits per heavy atom. The Balaban J connectivity index is -0.000000229. The van der Waals surface area contributed by atoms with Crippen molar-refractivity contribution in [2.24, 2.45) is 7.05 Å². The van der Waals surface area contributed by atoms with Gasteiger partial charge in [0.15, 0.2) is 0 Å². The lowest BCUT2D eigenvalue weighted by atomic mass is 10.3. The molecule has 0 aliphatic heterocycles. The van der Waals surface area contributed by atoms with Crippen LogP contribution in [0, 0.1) is 20.8 Å². The molecule has 0 unspecified atom stereocenters. The zero-order chi connectivity index (χ0) is 17.3. The molecule has 0 saturated heterocycles. The first-order valence-electron chi connectivity index (χ1n) is 7.93. The highest BCUT2D eigenvalue weighted by molar-refractivity contribution is 5.10. The average molecular weight is 293 g/mol. The van der Waals surface area contributed by atoms with E-state index in [4.69, 9.17) is 0 Å². The first kappa shape index (κ1) is 24.4. The molecule has 3 nitrogen and oxygen atoms in total. The summed E-state index contributed by atoms with van der Waals surface area (Å²) < 4.78 is 1.79. The van der Waals surface area contributed by atoms with Crippen molar-refractivity contribution in [2.45, 2.75) is 62.3 Å². The van der Waals surface area contributed by atoms with E-state index in [9.17, 15) is 0 Å². The zero-order valence-electron chi connectivity index (χ0n) is 15.7. The largest absolute Gasteiger partial charge is 0.276 e. The van der Waals surface area contributed by atoms with Gasteiger partial charge in [-0.3, -0.25) is 9.67 Å². The fourth-order valence-corrected chi connectivity index (χ4v) is 1.07. The summed E-state index contributed by atoms with van der Waals surface area (Å²) in [5.41, 5.74) is 3.37. The minimum absolute atomic E-state index is 1.07. The van der Waals surface area contributed by atoms with Crippen LogP contribution in [0.2, 0.25) is 0 Å². The number of aryl methyl sites for hydroxylation is 4. The molecule has 2 heterocycles. The SMILES string of the molecule is CC.CC.CC.Cc1ccc(C)nc1.Cc1ccn(C)n1. The smallest absolute Gasteiger partial charge is 0.0593 e. The van der Waals surface area contributed by atoms with Crippen molar-refractivity contribution >= 4 is 0 Å². The Hall–Kier alpha value is -1.64. The molecule has 0 aliphatic rings. The van der Waals surface area contributed by atoms with E-state index in [2.05, 4.69) is 16.1 Å².